The number of rotatable bonds is 9. The van der Waals surface area contributed by atoms with Crippen LogP contribution in [0.15, 0.2) is 0 Å². The number of nitrogens with one attached hydrogen (secondary N) is 1. The largest absolute Gasteiger partial charge is 0.480 e. The zero-order valence-corrected chi connectivity index (χ0v) is 9.92. The third-order valence-electron chi connectivity index (χ3n) is 2.92. The Hall–Kier alpha value is -0.750. The summed E-state index contributed by atoms with van der Waals surface area (Å²) in [6.45, 7) is 1.56. The number of carboxylic acids is 1. The van der Waals surface area contributed by atoms with Crippen molar-refractivity contribution >= 4 is 5.97 Å². The number of halogens is 2. The minimum absolute atomic E-state index is 0.00998. The Balaban J connectivity index is 2.58. The van der Waals surface area contributed by atoms with Gasteiger partial charge >= 0.3 is 5.97 Å². The first kappa shape index (κ1) is 14.3. The van der Waals surface area contributed by atoms with Gasteiger partial charge in [0.15, 0.2) is 0 Å². The lowest BCUT2D eigenvalue weighted by atomic mass is 9.94. The maximum Gasteiger partial charge on any atom is 0.326 e. The Kier molecular flexibility index (Phi) is 5.27. The van der Waals surface area contributed by atoms with Crippen LogP contribution in [0.3, 0.4) is 0 Å². The van der Waals surface area contributed by atoms with Gasteiger partial charge in [-0.25, -0.2) is 8.78 Å². The number of carboxylic acid groups (broad SMARTS) is 1. The average Bonchev–Trinajstić information content (AvgIpc) is 3.06. The van der Waals surface area contributed by atoms with E-state index in [1.54, 1.807) is 0 Å². The molecule has 0 heterocycles. The molecule has 100 valence electrons. The summed E-state index contributed by atoms with van der Waals surface area (Å²) in [5, 5.41) is 12.2. The van der Waals surface area contributed by atoms with E-state index in [0.29, 0.717) is 6.54 Å². The van der Waals surface area contributed by atoms with Crippen LogP contribution in [-0.2, 0) is 9.53 Å². The van der Waals surface area contributed by atoms with Gasteiger partial charge in [0.2, 0.25) is 0 Å². The molecule has 0 radical (unpaired) electrons. The first-order valence-corrected chi connectivity index (χ1v) is 5.87. The minimum atomic E-state index is -2.56. The molecule has 0 aromatic carbocycles. The molecule has 1 rings (SSSR count). The molecule has 1 fully saturated rings. The lowest BCUT2D eigenvalue weighted by Gasteiger charge is -2.30. The lowest BCUT2D eigenvalue weighted by molar-refractivity contribution is -0.150. The van der Waals surface area contributed by atoms with Crippen LogP contribution >= 0.6 is 0 Å². The zero-order chi connectivity index (χ0) is 12.9. The van der Waals surface area contributed by atoms with Crippen LogP contribution in [0, 0.1) is 5.92 Å². The van der Waals surface area contributed by atoms with Gasteiger partial charge < -0.3 is 9.84 Å². The van der Waals surface area contributed by atoms with E-state index >= 15 is 0 Å². The van der Waals surface area contributed by atoms with Crippen LogP contribution in [0.4, 0.5) is 8.78 Å². The normalized spacial score (nSPS) is 19.3. The quantitative estimate of drug-likeness (QED) is 0.652. The Bertz CT molecular complexity index is 259. The number of aliphatic carboxylic acids is 1. The van der Waals surface area contributed by atoms with Crippen molar-refractivity contribution < 1.29 is 23.4 Å². The van der Waals surface area contributed by atoms with Gasteiger partial charge in [-0.1, -0.05) is 6.92 Å². The summed E-state index contributed by atoms with van der Waals surface area (Å²) in [6, 6.07) is 0. The van der Waals surface area contributed by atoms with Gasteiger partial charge in [-0.2, -0.15) is 0 Å². The predicted octanol–water partition coefficient (Wildman–Crippen LogP) is 1.50. The van der Waals surface area contributed by atoms with Crippen molar-refractivity contribution in [3.8, 4) is 0 Å². The molecule has 0 aromatic heterocycles. The molecule has 2 N–H and O–H groups in total. The van der Waals surface area contributed by atoms with E-state index in [1.165, 1.54) is 0 Å². The fraction of sp³-hybridized carbons (Fsp3) is 0.909. The van der Waals surface area contributed by atoms with E-state index in [-0.39, 0.29) is 12.5 Å². The summed E-state index contributed by atoms with van der Waals surface area (Å²) in [5.41, 5.74) is -1.19. The van der Waals surface area contributed by atoms with Gasteiger partial charge in [-0.05, 0) is 31.7 Å². The maximum atomic E-state index is 12.0. The smallest absolute Gasteiger partial charge is 0.326 e. The number of alkyl halides is 2. The second-order valence-electron chi connectivity index (χ2n) is 4.38. The molecule has 0 saturated heterocycles. The third-order valence-corrected chi connectivity index (χ3v) is 2.92. The van der Waals surface area contributed by atoms with Gasteiger partial charge in [0, 0.05) is 0 Å². The van der Waals surface area contributed by atoms with Crippen molar-refractivity contribution in [3.05, 3.63) is 0 Å². The van der Waals surface area contributed by atoms with Crippen LogP contribution < -0.4 is 5.32 Å². The minimum Gasteiger partial charge on any atom is -0.480 e. The summed E-state index contributed by atoms with van der Waals surface area (Å²) in [5.74, 6) is -1.02. The van der Waals surface area contributed by atoms with Gasteiger partial charge in [-0.15, -0.1) is 0 Å². The zero-order valence-electron chi connectivity index (χ0n) is 9.92. The topological polar surface area (TPSA) is 58.6 Å². The summed E-state index contributed by atoms with van der Waals surface area (Å²) >= 11 is 0. The summed E-state index contributed by atoms with van der Waals surface area (Å²) in [7, 11) is 0. The Labute approximate surface area is 99.3 Å². The first-order valence-electron chi connectivity index (χ1n) is 5.87. The lowest BCUT2D eigenvalue weighted by Crippen LogP contribution is -2.58. The molecule has 0 aromatic rings. The Morgan fingerprint density at radius 2 is 2.24 bits per heavy atom. The molecular formula is C11H19F2NO3. The molecule has 1 unspecified atom stereocenters. The van der Waals surface area contributed by atoms with E-state index in [2.05, 4.69) is 5.32 Å². The third kappa shape index (κ3) is 3.89. The van der Waals surface area contributed by atoms with Crippen molar-refractivity contribution in [2.75, 3.05) is 19.8 Å². The summed E-state index contributed by atoms with van der Waals surface area (Å²) in [6.07, 6.45) is -0.162. The van der Waals surface area contributed by atoms with Crippen molar-refractivity contribution in [3.63, 3.8) is 0 Å². The highest BCUT2D eigenvalue weighted by Crippen LogP contribution is 2.40. The Morgan fingerprint density at radius 3 is 2.65 bits per heavy atom. The molecule has 1 atom stereocenters. The number of carbonyl (C=O) groups is 1. The molecule has 17 heavy (non-hydrogen) atoms. The SMILES string of the molecule is CCCNC(COCC(F)F)(C(=O)O)C1CC1. The van der Waals surface area contributed by atoms with E-state index in [4.69, 9.17) is 4.74 Å². The predicted molar refractivity (Wildman–Crippen MR) is 58.2 cm³/mol. The van der Waals surface area contributed by atoms with Crippen molar-refractivity contribution in [1.82, 2.24) is 5.32 Å². The summed E-state index contributed by atoms with van der Waals surface area (Å²) < 4.78 is 28.8. The maximum absolute atomic E-state index is 12.0. The molecule has 4 nitrogen and oxygen atoms in total. The number of ether oxygens (including phenoxy) is 1. The molecular weight excluding hydrogens is 232 g/mol. The van der Waals surface area contributed by atoms with Crippen LogP contribution in [0.1, 0.15) is 26.2 Å². The second-order valence-corrected chi connectivity index (χ2v) is 4.38. The molecule has 0 bridgehead atoms. The van der Waals surface area contributed by atoms with Crippen molar-refractivity contribution in [2.45, 2.75) is 38.2 Å². The molecule has 1 aliphatic carbocycles. The average molecular weight is 251 g/mol. The van der Waals surface area contributed by atoms with Gasteiger partial charge in [0.25, 0.3) is 6.43 Å². The fourth-order valence-corrected chi connectivity index (χ4v) is 1.86. The second kappa shape index (κ2) is 6.26. The highest BCUT2D eigenvalue weighted by atomic mass is 19.3. The van der Waals surface area contributed by atoms with E-state index in [1.807, 2.05) is 6.92 Å². The van der Waals surface area contributed by atoms with Crippen LogP contribution in [0.2, 0.25) is 0 Å². The van der Waals surface area contributed by atoms with Gasteiger partial charge in [-0.3, -0.25) is 10.1 Å². The van der Waals surface area contributed by atoms with Crippen LogP contribution in [0.25, 0.3) is 0 Å². The van der Waals surface area contributed by atoms with Crippen LogP contribution in [-0.4, -0.2) is 42.8 Å². The van der Waals surface area contributed by atoms with E-state index in [0.717, 1.165) is 19.3 Å². The highest BCUT2D eigenvalue weighted by Gasteiger charge is 2.51. The Morgan fingerprint density at radius 1 is 1.59 bits per heavy atom. The molecule has 1 saturated carbocycles. The molecule has 1 aliphatic rings. The van der Waals surface area contributed by atoms with Gasteiger partial charge in [0.05, 0.1) is 6.61 Å². The molecule has 0 aliphatic heterocycles. The van der Waals surface area contributed by atoms with Crippen LogP contribution in [0.5, 0.6) is 0 Å². The van der Waals surface area contributed by atoms with E-state index < -0.39 is 24.5 Å². The first-order chi connectivity index (χ1) is 8.03. The standard InChI is InChI=1S/C11H19F2NO3/c1-2-5-14-11(10(15)16,8-3-4-8)7-17-6-9(12)13/h8-9,14H,2-7H2,1H3,(H,15,16). The number of hydrogen-bond acceptors (Lipinski definition) is 3. The highest BCUT2D eigenvalue weighted by molar-refractivity contribution is 5.80. The summed E-state index contributed by atoms with van der Waals surface area (Å²) in [4.78, 5) is 11.4. The fourth-order valence-electron chi connectivity index (χ4n) is 1.86. The molecule has 6 heteroatoms. The van der Waals surface area contributed by atoms with Crippen molar-refractivity contribution in [1.29, 1.82) is 0 Å². The number of hydrogen-bond donors (Lipinski definition) is 2. The van der Waals surface area contributed by atoms with Gasteiger partial charge in [0.1, 0.15) is 12.1 Å². The van der Waals surface area contributed by atoms with E-state index in [9.17, 15) is 18.7 Å². The monoisotopic (exact) mass is 251 g/mol. The molecule has 0 spiro atoms. The van der Waals surface area contributed by atoms with Crippen molar-refractivity contribution in [2.24, 2.45) is 5.92 Å². The molecule has 0 amide bonds.